The first-order chi connectivity index (χ1) is 8.51. The average molecular weight is 305 g/mol. The van der Waals surface area contributed by atoms with Crippen molar-refractivity contribution in [3.8, 4) is 0 Å². The molecule has 0 saturated carbocycles. The van der Waals surface area contributed by atoms with Crippen LogP contribution in [0.3, 0.4) is 0 Å². The first kappa shape index (κ1) is 15.8. The largest absolute Gasteiger partial charge is 0.407 e. The molecule has 1 aromatic carbocycles. The van der Waals surface area contributed by atoms with E-state index in [0.717, 1.165) is 6.07 Å². The van der Waals surface area contributed by atoms with Gasteiger partial charge < -0.3 is 0 Å². The Morgan fingerprint density at radius 2 is 1.63 bits per heavy atom. The minimum Gasteiger partial charge on any atom is -0.298 e. The molecule has 19 heavy (non-hydrogen) atoms. The molecule has 0 aliphatic rings. The second-order valence-corrected chi connectivity index (χ2v) is 4.23. The highest BCUT2D eigenvalue weighted by Crippen LogP contribution is 2.40. The molecule has 0 aromatic heterocycles. The molecular formula is C11H7ClF6O. The maximum absolute atomic E-state index is 12.3. The first-order valence-corrected chi connectivity index (χ1v) is 5.30. The number of halogens is 7. The van der Waals surface area contributed by atoms with Crippen molar-refractivity contribution < 1.29 is 31.1 Å². The molecule has 0 heterocycles. The summed E-state index contributed by atoms with van der Waals surface area (Å²) in [6.45, 7) is 0. The molecule has 0 unspecified atom stereocenters. The number of alkyl halides is 6. The summed E-state index contributed by atoms with van der Waals surface area (Å²) in [5.41, 5.74) is -0.00370. The average Bonchev–Trinajstić information content (AvgIpc) is 2.11. The van der Waals surface area contributed by atoms with Gasteiger partial charge in [-0.2, -0.15) is 26.3 Å². The van der Waals surface area contributed by atoms with Crippen molar-refractivity contribution in [1.82, 2.24) is 0 Å². The molecule has 0 atom stereocenters. The Labute approximate surface area is 109 Å². The Morgan fingerprint density at radius 1 is 1.11 bits per heavy atom. The smallest absolute Gasteiger partial charge is 0.298 e. The lowest BCUT2D eigenvalue weighted by atomic mass is 9.97. The van der Waals surface area contributed by atoms with Crippen molar-refractivity contribution in [2.75, 3.05) is 0 Å². The van der Waals surface area contributed by atoms with E-state index in [0.29, 0.717) is 0 Å². The van der Waals surface area contributed by atoms with Crippen molar-refractivity contribution in [2.24, 2.45) is 5.92 Å². The van der Waals surface area contributed by atoms with Crippen LogP contribution in [0.25, 0.3) is 0 Å². The number of benzene rings is 1. The zero-order valence-electron chi connectivity index (χ0n) is 9.15. The van der Waals surface area contributed by atoms with Crippen LogP contribution in [0, 0.1) is 5.92 Å². The standard InChI is InChI=1S/C11H7ClF6O/c12-7-3-1-2-6(4-7)5-8(19)9(10(13,14)15)11(16,17)18/h1-4,9H,5H2. The van der Waals surface area contributed by atoms with E-state index in [4.69, 9.17) is 11.6 Å². The van der Waals surface area contributed by atoms with Crippen molar-refractivity contribution >= 4 is 17.4 Å². The summed E-state index contributed by atoms with van der Waals surface area (Å²) in [6, 6.07) is 5.10. The fourth-order valence-electron chi connectivity index (χ4n) is 1.50. The van der Waals surface area contributed by atoms with Crippen LogP contribution in [-0.4, -0.2) is 18.1 Å². The molecule has 0 amide bonds. The lowest BCUT2D eigenvalue weighted by Crippen LogP contribution is -2.43. The summed E-state index contributed by atoms with van der Waals surface area (Å²) in [4.78, 5) is 11.2. The Hall–Kier alpha value is -1.24. The van der Waals surface area contributed by atoms with Gasteiger partial charge in [0.25, 0.3) is 0 Å². The van der Waals surface area contributed by atoms with Crippen LogP contribution >= 0.6 is 11.6 Å². The quantitative estimate of drug-likeness (QED) is 0.765. The number of hydrogen-bond acceptors (Lipinski definition) is 1. The summed E-state index contributed by atoms with van der Waals surface area (Å²) in [7, 11) is 0. The zero-order valence-corrected chi connectivity index (χ0v) is 9.90. The predicted octanol–water partition coefficient (Wildman–Crippen LogP) is 4.19. The molecule has 0 bridgehead atoms. The number of rotatable bonds is 3. The second kappa shape index (κ2) is 5.40. The molecule has 0 fully saturated rings. The van der Waals surface area contributed by atoms with Crippen LogP contribution < -0.4 is 0 Å². The summed E-state index contributed by atoms with van der Waals surface area (Å²) in [5.74, 6) is -5.93. The van der Waals surface area contributed by atoms with E-state index in [1.165, 1.54) is 18.2 Å². The number of ketones is 1. The molecular weight excluding hydrogens is 298 g/mol. The topological polar surface area (TPSA) is 17.1 Å². The fourth-order valence-corrected chi connectivity index (χ4v) is 1.71. The molecule has 0 aliphatic carbocycles. The van der Waals surface area contributed by atoms with Gasteiger partial charge in [-0.25, -0.2) is 0 Å². The monoisotopic (exact) mass is 304 g/mol. The van der Waals surface area contributed by atoms with E-state index in [-0.39, 0.29) is 10.6 Å². The highest BCUT2D eigenvalue weighted by atomic mass is 35.5. The second-order valence-electron chi connectivity index (χ2n) is 3.79. The molecule has 1 rings (SSSR count). The molecule has 1 nitrogen and oxygen atoms in total. The van der Waals surface area contributed by atoms with Gasteiger partial charge in [-0.05, 0) is 17.7 Å². The maximum Gasteiger partial charge on any atom is 0.407 e. The molecule has 0 aliphatic heterocycles. The third kappa shape index (κ3) is 4.41. The van der Waals surface area contributed by atoms with E-state index < -0.39 is 30.5 Å². The van der Waals surface area contributed by atoms with Crippen molar-refractivity contribution in [2.45, 2.75) is 18.8 Å². The lowest BCUT2D eigenvalue weighted by Gasteiger charge is -2.21. The van der Waals surface area contributed by atoms with Gasteiger partial charge in [-0.3, -0.25) is 4.79 Å². The maximum atomic E-state index is 12.3. The van der Waals surface area contributed by atoms with Crippen LogP contribution in [0.5, 0.6) is 0 Å². The first-order valence-electron chi connectivity index (χ1n) is 4.92. The Bertz CT molecular complexity index is 451. The van der Waals surface area contributed by atoms with Gasteiger partial charge in [0.2, 0.25) is 5.92 Å². The predicted molar refractivity (Wildman–Crippen MR) is 55.8 cm³/mol. The van der Waals surface area contributed by atoms with Crippen LogP contribution in [0.4, 0.5) is 26.3 Å². The highest BCUT2D eigenvalue weighted by Gasteiger charge is 2.60. The van der Waals surface area contributed by atoms with Gasteiger partial charge in [0.15, 0.2) is 5.78 Å². The SMILES string of the molecule is O=C(Cc1cccc(Cl)c1)C(C(F)(F)F)C(F)(F)F. The fraction of sp³-hybridized carbons (Fsp3) is 0.364. The minimum absolute atomic E-state index is 0.00370. The van der Waals surface area contributed by atoms with E-state index in [2.05, 4.69) is 0 Å². The minimum atomic E-state index is -5.66. The Kier molecular flexibility index (Phi) is 4.50. The lowest BCUT2D eigenvalue weighted by molar-refractivity contribution is -0.273. The Balaban J connectivity index is 2.97. The number of carbonyl (C=O) groups is 1. The van der Waals surface area contributed by atoms with Crippen LogP contribution in [0.2, 0.25) is 5.02 Å². The van der Waals surface area contributed by atoms with Crippen LogP contribution in [0.15, 0.2) is 24.3 Å². The van der Waals surface area contributed by atoms with Gasteiger partial charge >= 0.3 is 12.4 Å². The molecule has 8 heteroatoms. The van der Waals surface area contributed by atoms with Gasteiger partial charge in [0.05, 0.1) is 0 Å². The highest BCUT2D eigenvalue weighted by molar-refractivity contribution is 6.30. The zero-order chi connectivity index (χ0) is 14.8. The van der Waals surface area contributed by atoms with E-state index >= 15 is 0 Å². The Morgan fingerprint density at radius 3 is 2.05 bits per heavy atom. The molecule has 106 valence electrons. The number of hydrogen-bond donors (Lipinski definition) is 0. The van der Waals surface area contributed by atoms with E-state index in [1.807, 2.05) is 0 Å². The van der Waals surface area contributed by atoms with Crippen LogP contribution in [-0.2, 0) is 11.2 Å². The van der Waals surface area contributed by atoms with E-state index in [1.54, 1.807) is 0 Å². The number of Topliss-reactive ketones (excluding diaryl/α,β-unsaturated/α-hetero) is 1. The summed E-state index contributed by atoms with van der Waals surface area (Å²) in [5, 5.41) is 0.126. The van der Waals surface area contributed by atoms with Crippen molar-refractivity contribution in [1.29, 1.82) is 0 Å². The normalized spacial score (nSPS) is 12.8. The summed E-state index contributed by atoms with van der Waals surface area (Å²) in [6.07, 6.45) is -12.3. The molecule has 0 radical (unpaired) electrons. The third-order valence-electron chi connectivity index (χ3n) is 2.24. The van der Waals surface area contributed by atoms with Gasteiger partial charge in [0.1, 0.15) is 0 Å². The van der Waals surface area contributed by atoms with Crippen molar-refractivity contribution in [3.05, 3.63) is 34.9 Å². The summed E-state index contributed by atoms with van der Waals surface area (Å²) < 4.78 is 73.7. The summed E-state index contributed by atoms with van der Waals surface area (Å²) >= 11 is 5.53. The number of carbonyl (C=O) groups excluding carboxylic acids is 1. The van der Waals surface area contributed by atoms with Crippen LogP contribution in [0.1, 0.15) is 5.56 Å². The van der Waals surface area contributed by atoms with Gasteiger partial charge in [-0.1, -0.05) is 23.7 Å². The van der Waals surface area contributed by atoms with Gasteiger partial charge in [0, 0.05) is 11.4 Å². The molecule has 0 spiro atoms. The third-order valence-corrected chi connectivity index (χ3v) is 2.48. The van der Waals surface area contributed by atoms with E-state index in [9.17, 15) is 31.1 Å². The molecule has 1 aromatic rings. The van der Waals surface area contributed by atoms with Crippen molar-refractivity contribution in [3.63, 3.8) is 0 Å². The molecule has 0 saturated heterocycles. The van der Waals surface area contributed by atoms with Gasteiger partial charge in [-0.15, -0.1) is 0 Å². The molecule has 0 N–H and O–H groups in total.